The standard InChI is InChI=1S/C28H28FN7O/c29-25-15-6-5-11-22(25)20-37-24-14-9-10-21(18-24)19-30-35-27-32-26(31-23-12-3-1-4-13-23)33-28(34-27)36-16-7-2-8-17-36/h1,3-6,9-15,18-19H,2,7-8,16-17,20H2,(H2,31,32,33,34,35)/b30-19+. The minimum atomic E-state index is -0.285. The van der Waals surface area contributed by atoms with Crippen LogP contribution in [0.1, 0.15) is 30.4 Å². The van der Waals surface area contributed by atoms with Gasteiger partial charge in [0.05, 0.1) is 6.21 Å². The van der Waals surface area contributed by atoms with Crippen LogP contribution in [0.4, 0.5) is 27.9 Å². The van der Waals surface area contributed by atoms with Crippen molar-refractivity contribution in [1.82, 2.24) is 15.0 Å². The van der Waals surface area contributed by atoms with E-state index in [1.165, 1.54) is 12.5 Å². The summed E-state index contributed by atoms with van der Waals surface area (Å²) in [6.07, 6.45) is 5.10. The smallest absolute Gasteiger partial charge is 0.250 e. The van der Waals surface area contributed by atoms with E-state index >= 15 is 0 Å². The van der Waals surface area contributed by atoms with Gasteiger partial charge in [-0.05, 0) is 55.2 Å². The Labute approximate surface area is 215 Å². The fraction of sp³-hybridized carbons (Fsp3) is 0.214. The maximum absolute atomic E-state index is 13.9. The monoisotopic (exact) mass is 497 g/mol. The van der Waals surface area contributed by atoms with Crippen LogP contribution in [0, 0.1) is 5.82 Å². The molecule has 0 atom stereocenters. The first kappa shape index (κ1) is 24.2. The van der Waals surface area contributed by atoms with Gasteiger partial charge >= 0.3 is 0 Å². The lowest BCUT2D eigenvalue weighted by Crippen LogP contribution is -2.31. The molecule has 0 amide bonds. The van der Waals surface area contributed by atoms with Crippen molar-refractivity contribution in [3.63, 3.8) is 0 Å². The summed E-state index contributed by atoms with van der Waals surface area (Å²) in [5.41, 5.74) is 5.14. The molecule has 0 spiro atoms. The van der Waals surface area contributed by atoms with Crippen molar-refractivity contribution in [3.8, 4) is 5.75 Å². The average Bonchev–Trinajstić information content (AvgIpc) is 2.94. The highest BCUT2D eigenvalue weighted by atomic mass is 19.1. The molecular weight excluding hydrogens is 469 g/mol. The van der Waals surface area contributed by atoms with Crippen molar-refractivity contribution >= 4 is 29.7 Å². The molecule has 1 aromatic heterocycles. The molecule has 0 bridgehead atoms. The Kier molecular flexibility index (Phi) is 7.80. The van der Waals surface area contributed by atoms with Crippen LogP contribution in [-0.4, -0.2) is 34.3 Å². The number of nitrogens with zero attached hydrogens (tertiary/aromatic N) is 5. The van der Waals surface area contributed by atoms with Gasteiger partial charge in [-0.2, -0.15) is 20.1 Å². The van der Waals surface area contributed by atoms with Gasteiger partial charge in [-0.25, -0.2) is 9.82 Å². The lowest BCUT2D eigenvalue weighted by atomic mass is 10.1. The second-order valence-corrected chi connectivity index (χ2v) is 8.64. The van der Waals surface area contributed by atoms with Crippen molar-refractivity contribution < 1.29 is 9.13 Å². The highest BCUT2D eigenvalue weighted by Gasteiger charge is 2.16. The van der Waals surface area contributed by atoms with Gasteiger partial charge in [0.1, 0.15) is 18.2 Å². The quantitative estimate of drug-likeness (QED) is 0.224. The summed E-state index contributed by atoms with van der Waals surface area (Å²) >= 11 is 0. The number of hydrogen-bond donors (Lipinski definition) is 2. The molecule has 9 heteroatoms. The first-order chi connectivity index (χ1) is 18.2. The van der Waals surface area contributed by atoms with Crippen molar-refractivity contribution in [2.45, 2.75) is 25.9 Å². The summed E-state index contributed by atoms with van der Waals surface area (Å²) < 4.78 is 19.6. The van der Waals surface area contributed by atoms with Crippen molar-refractivity contribution in [2.75, 3.05) is 28.7 Å². The van der Waals surface area contributed by atoms with E-state index in [0.717, 1.165) is 37.2 Å². The molecule has 4 aromatic rings. The number of anilines is 4. The average molecular weight is 498 g/mol. The van der Waals surface area contributed by atoms with Gasteiger partial charge in [0.15, 0.2) is 0 Å². The Balaban J connectivity index is 1.28. The molecule has 0 unspecified atom stereocenters. The minimum Gasteiger partial charge on any atom is -0.489 e. The predicted octanol–water partition coefficient (Wildman–Crippen LogP) is 5.77. The third-order valence-electron chi connectivity index (χ3n) is 5.88. The van der Waals surface area contributed by atoms with E-state index in [2.05, 4.69) is 35.7 Å². The van der Waals surface area contributed by atoms with Crippen LogP contribution in [0.25, 0.3) is 0 Å². The van der Waals surface area contributed by atoms with E-state index in [1.54, 1.807) is 24.4 Å². The normalized spacial score (nSPS) is 13.5. The van der Waals surface area contributed by atoms with Gasteiger partial charge in [0.2, 0.25) is 17.8 Å². The Morgan fingerprint density at radius 2 is 1.65 bits per heavy atom. The van der Waals surface area contributed by atoms with E-state index in [0.29, 0.717) is 29.2 Å². The zero-order valence-corrected chi connectivity index (χ0v) is 20.3. The van der Waals surface area contributed by atoms with Gasteiger partial charge in [0, 0.05) is 24.3 Å². The van der Waals surface area contributed by atoms with Gasteiger partial charge in [-0.15, -0.1) is 0 Å². The molecule has 1 fully saturated rings. The van der Waals surface area contributed by atoms with Gasteiger partial charge in [0.25, 0.3) is 0 Å². The van der Waals surface area contributed by atoms with E-state index in [1.807, 2.05) is 54.6 Å². The summed E-state index contributed by atoms with van der Waals surface area (Å²) in [7, 11) is 0. The van der Waals surface area contributed by atoms with Crippen molar-refractivity contribution in [3.05, 3.63) is 95.8 Å². The molecule has 2 N–H and O–H groups in total. The second kappa shape index (κ2) is 11.9. The lowest BCUT2D eigenvalue weighted by Gasteiger charge is -2.26. The third kappa shape index (κ3) is 6.78. The van der Waals surface area contributed by atoms with Crippen molar-refractivity contribution in [2.24, 2.45) is 5.10 Å². The number of aromatic nitrogens is 3. The predicted molar refractivity (Wildman–Crippen MR) is 144 cm³/mol. The van der Waals surface area contributed by atoms with Crippen molar-refractivity contribution in [1.29, 1.82) is 0 Å². The van der Waals surface area contributed by atoms with E-state index < -0.39 is 0 Å². The number of hydrazone groups is 1. The van der Waals surface area contributed by atoms with Crippen LogP contribution in [0.5, 0.6) is 5.75 Å². The van der Waals surface area contributed by atoms with E-state index in [4.69, 9.17) is 4.74 Å². The second-order valence-electron chi connectivity index (χ2n) is 8.64. The Hall–Kier alpha value is -4.53. The highest BCUT2D eigenvalue weighted by molar-refractivity contribution is 5.80. The zero-order valence-electron chi connectivity index (χ0n) is 20.3. The maximum atomic E-state index is 13.9. The number of nitrogens with one attached hydrogen (secondary N) is 2. The molecule has 1 aliphatic rings. The van der Waals surface area contributed by atoms with Crippen LogP contribution >= 0.6 is 0 Å². The molecule has 1 saturated heterocycles. The molecule has 2 heterocycles. The largest absolute Gasteiger partial charge is 0.489 e. The Bertz CT molecular complexity index is 1340. The summed E-state index contributed by atoms with van der Waals surface area (Å²) in [5, 5.41) is 7.58. The first-order valence-corrected chi connectivity index (χ1v) is 12.3. The number of benzene rings is 3. The molecule has 8 nitrogen and oxygen atoms in total. The van der Waals surface area contributed by atoms with E-state index in [9.17, 15) is 4.39 Å². The van der Waals surface area contributed by atoms with Gasteiger partial charge in [-0.3, -0.25) is 0 Å². The summed E-state index contributed by atoms with van der Waals surface area (Å²) in [5.74, 6) is 1.75. The Morgan fingerprint density at radius 1 is 0.865 bits per heavy atom. The first-order valence-electron chi connectivity index (χ1n) is 12.3. The van der Waals surface area contributed by atoms with E-state index in [-0.39, 0.29) is 12.4 Å². The van der Waals surface area contributed by atoms with Crippen LogP contribution in [-0.2, 0) is 6.61 Å². The fourth-order valence-electron chi connectivity index (χ4n) is 3.98. The molecule has 1 aliphatic heterocycles. The topological polar surface area (TPSA) is 87.6 Å². The number of rotatable bonds is 9. The van der Waals surface area contributed by atoms with Gasteiger partial charge < -0.3 is 15.0 Å². The fourth-order valence-corrected chi connectivity index (χ4v) is 3.98. The molecule has 3 aromatic carbocycles. The van der Waals surface area contributed by atoms with Crippen LogP contribution < -0.4 is 20.4 Å². The number of hydrogen-bond acceptors (Lipinski definition) is 8. The molecule has 37 heavy (non-hydrogen) atoms. The number of piperidine rings is 1. The summed E-state index contributed by atoms with van der Waals surface area (Å²) in [6.45, 7) is 1.97. The molecule has 0 radical (unpaired) electrons. The molecular formula is C28H28FN7O. The van der Waals surface area contributed by atoms with Gasteiger partial charge in [-0.1, -0.05) is 48.5 Å². The number of para-hydroxylation sites is 1. The Morgan fingerprint density at radius 3 is 2.49 bits per heavy atom. The van der Waals surface area contributed by atoms with Crippen LogP contribution in [0.2, 0.25) is 0 Å². The highest BCUT2D eigenvalue weighted by Crippen LogP contribution is 2.21. The maximum Gasteiger partial charge on any atom is 0.250 e. The van der Waals surface area contributed by atoms with Crippen LogP contribution in [0.3, 0.4) is 0 Å². The number of ether oxygens (including phenoxy) is 1. The summed E-state index contributed by atoms with van der Waals surface area (Å²) in [6, 6.07) is 23.8. The molecule has 0 aliphatic carbocycles. The molecule has 5 rings (SSSR count). The minimum absolute atomic E-state index is 0.146. The SMILES string of the molecule is Fc1ccccc1COc1cccc(/C=N/Nc2nc(Nc3ccccc3)nc(N3CCCCC3)n2)c1. The lowest BCUT2D eigenvalue weighted by molar-refractivity contribution is 0.300. The zero-order chi connectivity index (χ0) is 25.3. The summed E-state index contributed by atoms with van der Waals surface area (Å²) in [4.78, 5) is 15.9. The molecule has 0 saturated carbocycles. The third-order valence-corrected chi connectivity index (χ3v) is 5.88. The number of halogens is 1. The van der Waals surface area contributed by atoms with Crippen LogP contribution in [0.15, 0.2) is 84.0 Å². The molecule has 188 valence electrons.